The minimum atomic E-state index is 0.463. The van der Waals surface area contributed by atoms with Crippen molar-refractivity contribution in [2.45, 2.75) is 64.0 Å². The van der Waals surface area contributed by atoms with Crippen molar-refractivity contribution in [3.05, 3.63) is 0 Å². The van der Waals surface area contributed by atoms with Crippen LogP contribution in [-0.2, 0) is 4.79 Å². The first kappa shape index (κ1) is 13.1. The smallest absolute Gasteiger partial charge is 0.222 e. The molecule has 0 saturated carbocycles. The highest BCUT2D eigenvalue weighted by molar-refractivity contribution is 5.77. The van der Waals surface area contributed by atoms with Gasteiger partial charge in [0.15, 0.2) is 0 Å². The van der Waals surface area contributed by atoms with E-state index in [-0.39, 0.29) is 0 Å². The number of piperidine rings is 4. The molecule has 4 aliphatic rings. The molecule has 0 N–H and O–H groups in total. The zero-order chi connectivity index (χ0) is 13.7. The highest BCUT2D eigenvalue weighted by atomic mass is 16.2. The lowest BCUT2D eigenvalue weighted by atomic mass is 9.66. The first-order valence-corrected chi connectivity index (χ1v) is 8.90. The predicted molar refractivity (Wildman–Crippen MR) is 79.1 cm³/mol. The maximum absolute atomic E-state index is 12.3. The minimum Gasteiger partial charge on any atom is -0.339 e. The fourth-order valence-electron chi connectivity index (χ4n) is 6.29. The Balaban J connectivity index is 1.70. The molecular formula is C17H29N2O+. The summed E-state index contributed by atoms with van der Waals surface area (Å²) in [6.45, 7) is 7.63. The Morgan fingerprint density at radius 3 is 2.75 bits per heavy atom. The normalized spacial score (nSPS) is 47.6. The van der Waals surface area contributed by atoms with Gasteiger partial charge in [-0.2, -0.15) is 0 Å². The number of nitrogens with zero attached hydrogens (tertiary/aromatic N) is 2. The molecule has 0 aromatic heterocycles. The van der Waals surface area contributed by atoms with Crippen molar-refractivity contribution in [2.75, 3.05) is 26.2 Å². The SMILES string of the molecule is CC[N@+]12CCC[C@@H]3CN4C(=O)CCC[C@H]4[C@@H](CCC1)[C@@H]32. The van der Waals surface area contributed by atoms with E-state index in [2.05, 4.69) is 11.8 Å². The predicted octanol–water partition coefficient (Wildman–Crippen LogP) is 2.41. The summed E-state index contributed by atoms with van der Waals surface area (Å²) >= 11 is 0. The summed E-state index contributed by atoms with van der Waals surface area (Å²) in [5.41, 5.74) is 0. The fourth-order valence-corrected chi connectivity index (χ4v) is 6.29. The van der Waals surface area contributed by atoms with Crippen molar-refractivity contribution in [1.82, 2.24) is 4.90 Å². The first-order valence-electron chi connectivity index (χ1n) is 8.90. The van der Waals surface area contributed by atoms with E-state index in [1.54, 1.807) is 0 Å². The van der Waals surface area contributed by atoms with Crippen LogP contribution in [0.5, 0.6) is 0 Å². The molecule has 4 fully saturated rings. The second-order valence-corrected chi connectivity index (χ2v) is 7.69. The van der Waals surface area contributed by atoms with Gasteiger partial charge in [-0.1, -0.05) is 0 Å². The van der Waals surface area contributed by atoms with Crippen molar-refractivity contribution in [3.63, 3.8) is 0 Å². The molecule has 4 rings (SSSR count). The Kier molecular flexibility index (Phi) is 3.10. The summed E-state index contributed by atoms with van der Waals surface area (Å²) in [5.74, 6) is 2.07. The van der Waals surface area contributed by atoms with Gasteiger partial charge in [0.25, 0.3) is 0 Å². The Morgan fingerprint density at radius 2 is 1.95 bits per heavy atom. The number of amides is 1. The van der Waals surface area contributed by atoms with Gasteiger partial charge in [-0.05, 0) is 45.4 Å². The Hall–Kier alpha value is -0.570. The second-order valence-electron chi connectivity index (χ2n) is 7.69. The molecule has 0 bridgehead atoms. The Bertz CT molecular complexity index is 406. The lowest BCUT2D eigenvalue weighted by Crippen LogP contribution is -2.73. The van der Waals surface area contributed by atoms with Crippen LogP contribution in [0.15, 0.2) is 0 Å². The molecule has 0 unspecified atom stereocenters. The largest absolute Gasteiger partial charge is 0.339 e. The van der Waals surface area contributed by atoms with Gasteiger partial charge in [-0.15, -0.1) is 0 Å². The number of carbonyl (C=O) groups is 1. The minimum absolute atomic E-state index is 0.463. The van der Waals surface area contributed by atoms with Crippen LogP contribution in [0.4, 0.5) is 0 Å². The number of fused-ring (bicyclic) bond motifs is 2. The first-order chi connectivity index (χ1) is 9.75. The highest BCUT2D eigenvalue weighted by Gasteiger charge is 2.57. The third-order valence-electron chi connectivity index (χ3n) is 7.04. The maximum atomic E-state index is 12.3. The lowest BCUT2D eigenvalue weighted by molar-refractivity contribution is -0.968. The zero-order valence-electron chi connectivity index (χ0n) is 12.9. The quantitative estimate of drug-likeness (QED) is 0.674. The second kappa shape index (κ2) is 4.72. The van der Waals surface area contributed by atoms with Crippen LogP contribution >= 0.6 is 0 Å². The molecule has 0 radical (unpaired) electrons. The van der Waals surface area contributed by atoms with Gasteiger partial charge in [0.05, 0.1) is 25.7 Å². The lowest BCUT2D eigenvalue weighted by Gasteiger charge is -2.62. The fraction of sp³-hybridized carbons (Fsp3) is 0.941. The van der Waals surface area contributed by atoms with Crippen LogP contribution in [0, 0.1) is 11.8 Å². The van der Waals surface area contributed by atoms with Crippen molar-refractivity contribution in [2.24, 2.45) is 11.8 Å². The standard InChI is InChI=1S/C17H29N2O/c1-2-19-10-4-6-13-12-18-15(8-3-9-16(18)20)14(17(13)19)7-5-11-19/h13-15,17H,2-12H2,1H3/q+1/t13-,14-,15+,17-,19+/m1/s1. The topological polar surface area (TPSA) is 20.3 Å². The molecule has 0 aromatic carbocycles. The van der Waals surface area contributed by atoms with E-state index in [4.69, 9.17) is 0 Å². The van der Waals surface area contributed by atoms with Gasteiger partial charge < -0.3 is 9.38 Å². The van der Waals surface area contributed by atoms with Gasteiger partial charge in [0, 0.05) is 30.8 Å². The zero-order valence-corrected chi connectivity index (χ0v) is 12.9. The third-order valence-corrected chi connectivity index (χ3v) is 7.04. The van der Waals surface area contributed by atoms with Crippen LogP contribution in [0.2, 0.25) is 0 Å². The van der Waals surface area contributed by atoms with E-state index < -0.39 is 0 Å². The average Bonchev–Trinajstić information content (AvgIpc) is 2.49. The van der Waals surface area contributed by atoms with Crippen LogP contribution < -0.4 is 0 Å². The molecule has 1 amide bonds. The number of quaternary nitrogens is 1. The summed E-state index contributed by atoms with van der Waals surface area (Å²) in [6, 6.07) is 1.48. The molecule has 3 heteroatoms. The van der Waals surface area contributed by atoms with Crippen LogP contribution in [-0.4, -0.2) is 53.6 Å². The van der Waals surface area contributed by atoms with Gasteiger partial charge in [-0.25, -0.2) is 0 Å². The van der Waals surface area contributed by atoms with E-state index in [1.165, 1.54) is 56.2 Å². The number of rotatable bonds is 1. The molecule has 5 atom stereocenters. The number of hydrogen-bond donors (Lipinski definition) is 0. The van der Waals surface area contributed by atoms with Crippen LogP contribution in [0.1, 0.15) is 51.9 Å². The van der Waals surface area contributed by atoms with Crippen LogP contribution in [0.3, 0.4) is 0 Å². The van der Waals surface area contributed by atoms with Crippen molar-refractivity contribution in [1.29, 1.82) is 0 Å². The molecule has 0 aromatic rings. The Morgan fingerprint density at radius 1 is 1.15 bits per heavy atom. The molecule has 0 spiro atoms. The summed E-state index contributed by atoms with van der Waals surface area (Å²) < 4.78 is 1.40. The number of hydrogen-bond acceptors (Lipinski definition) is 1. The molecule has 3 nitrogen and oxygen atoms in total. The summed E-state index contributed by atoms with van der Waals surface area (Å²) in [6.07, 6.45) is 8.76. The third kappa shape index (κ3) is 1.71. The van der Waals surface area contributed by atoms with Gasteiger partial charge in [0.2, 0.25) is 5.91 Å². The van der Waals surface area contributed by atoms with Gasteiger partial charge in [0.1, 0.15) is 0 Å². The molecule has 0 aliphatic carbocycles. The molecular weight excluding hydrogens is 248 g/mol. The van der Waals surface area contributed by atoms with Gasteiger partial charge >= 0.3 is 0 Å². The molecule has 4 aliphatic heterocycles. The maximum Gasteiger partial charge on any atom is 0.222 e. The molecule has 112 valence electrons. The van der Waals surface area contributed by atoms with Gasteiger partial charge in [-0.3, -0.25) is 4.79 Å². The summed E-state index contributed by atoms with van der Waals surface area (Å²) in [4.78, 5) is 14.7. The van der Waals surface area contributed by atoms with Crippen molar-refractivity contribution in [3.8, 4) is 0 Å². The van der Waals surface area contributed by atoms with E-state index in [9.17, 15) is 4.79 Å². The summed E-state index contributed by atoms with van der Waals surface area (Å²) in [7, 11) is 0. The van der Waals surface area contributed by atoms with E-state index >= 15 is 0 Å². The van der Waals surface area contributed by atoms with E-state index in [0.717, 1.165) is 37.3 Å². The summed E-state index contributed by atoms with van der Waals surface area (Å²) in [5, 5.41) is 0. The number of carbonyl (C=O) groups excluding carboxylic acids is 1. The van der Waals surface area contributed by atoms with E-state index in [0.29, 0.717) is 11.9 Å². The highest BCUT2D eigenvalue weighted by Crippen LogP contribution is 2.48. The molecule has 20 heavy (non-hydrogen) atoms. The molecule has 4 heterocycles. The van der Waals surface area contributed by atoms with Crippen LogP contribution in [0.25, 0.3) is 0 Å². The average molecular weight is 277 g/mol. The van der Waals surface area contributed by atoms with Crippen molar-refractivity contribution >= 4 is 5.91 Å². The molecule has 4 saturated heterocycles. The van der Waals surface area contributed by atoms with Crippen molar-refractivity contribution < 1.29 is 9.28 Å². The van der Waals surface area contributed by atoms with E-state index in [1.807, 2.05) is 0 Å². The monoisotopic (exact) mass is 277 g/mol. The Labute approximate surface area is 122 Å².